The molecule has 0 spiro atoms. The van der Waals surface area contributed by atoms with Crippen molar-refractivity contribution in [1.82, 2.24) is 21.1 Å². The molecule has 1 aliphatic heterocycles. The van der Waals surface area contributed by atoms with Crippen LogP contribution in [0.3, 0.4) is 0 Å². The second kappa shape index (κ2) is 11.6. The number of hydrogen-bond donors (Lipinski definition) is 3. The van der Waals surface area contributed by atoms with E-state index in [4.69, 9.17) is 4.74 Å². The lowest BCUT2D eigenvalue weighted by atomic mass is 10.1. The van der Waals surface area contributed by atoms with E-state index in [2.05, 4.69) is 21.1 Å². The Labute approximate surface area is 181 Å². The van der Waals surface area contributed by atoms with E-state index in [9.17, 15) is 14.4 Å². The molecule has 1 heterocycles. The van der Waals surface area contributed by atoms with Crippen molar-refractivity contribution < 1.29 is 19.1 Å². The average Bonchev–Trinajstić information content (AvgIpc) is 2.82. The Balaban J connectivity index is 1.59. The molecule has 0 bridgehead atoms. The van der Waals surface area contributed by atoms with E-state index in [1.54, 1.807) is 36.4 Å². The Morgan fingerprint density at radius 3 is 2.23 bits per heavy atom. The normalized spacial score (nSPS) is 14.5. The predicted octanol–water partition coefficient (Wildman–Crippen LogP) is 1.33. The Kier molecular flexibility index (Phi) is 8.33. The molecule has 3 N–H and O–H groups in total. The van der Waals surface area contributed by atoms with Crippen LogP contribution in [0.25, 0.3) is 6.08 Å². The molecule has 3 amide bonds. The molecule has 1 fully saturated rings. The Hall–Kier alpha value is -3.49. The molecular weight excluding hydrogens is 396 g/mol. The number of benzene rings is 2. The van der Waals surface area contributed by atoms with Crippen LogP contribution in [0.2, 0.25) is 0 Å². The summed E-state index contributed by atoms with van der Waals surface area (Å²) < 4.78 is 5.28. The SMILES string of the molecule is O=C(CCN1CCOCC1)NNC(=O)/C(=C/c1ccccc1)NC(=O)c1ccccc1. The van der Waals surface area contributed by atoms with Crippen molar-refractivity contribution in [2.75, 3.05) is 32.8 Å². The summed E-state index contributed by atoms with van der Waals surface area (Å²) in [5.74, 6) is -1.35. The van der Waals surface area contributed by atoms with E-state index < -0.39 is 11.8 Å². The van der Waals surface area contributed by atoms with Crippen LogP contribution in [0.1, 0.15) is 22.3 Å². The Morgan fingerprint density at radius 1 is 0.903 bits per heavy atom. The summed E-state index contributed by atoms with van der Waals surface area (Å²) in [5.41, 5.74) is 5.97. The van der Waals surface area contributed by atoms with E-state index in [1.807, 2.05) is 30.3 Å². The van der Waals surface area contributed by atoms with Crippen LogP contribution in [0.4, 0.5) is 0 Å². The number of ether oxygens (including phenoxy) is 1. The molecule has 1 aliphatic rings. The zero-order valence-electron chi connectivity index (χ0n) is 17.2. The van der Waals surface area contributed by atoms with Crippen LogP contribution in [0.5, 0.6) is 0 Å². The minimum absolute atomic E-state index is 0.0218. The summed E-state index contributed by atoms with van der Waals surface area (Å²) in [6, 6.07) is 17.7. The first kappa shape index (κ1) is 22.2. The zero-order valence-corrected chi connectivity index (χ0v) is 17.2. The monoisotopic (exact) mass is 422 g/mol. The van der Waals surface area contributed by atoms with E-state index in [-0.39, 0.29) is 18.0 Å². The fraction of sp³-hybridized carbons (Fsp3) is 0.261. The lowest BCUT2D eigenvalue weighted by molar-refractivity contribution is -0.127. The van der Waals surface area contributed by atoms with Gasteiger partial charge in [-0.3, -0.25) is 30.1 Å². The second-order valence-electron chi connectivity index (χ2n) is 7.00. The van der Waals surface area contributed by atoms with Crippen molar-refractivity contribution in [1.29, 1.82) is 0 Å². The maximum Gasteiger partial charge on any atom is 0.286 e. The van der Waals surface area contributed by atoms with Gasteiger partial charge in [-0.2, -0.15) is 0 Å². The van der Waals surface area contributed by atoms with Crippen LogP contribution in [-0.2, 0) is 14.3 Å². The van der Waals surface area contributed by atoms with Gasteiger partial charge >= 0.3 is 0 Å². The average molecular weight is 422 g/mol. The number of carbonyl (C=O) groups is 3. The van der Waals surface area contributed by atoms with Crippen LogP contribution >= 0.6 is 0 Å². The minimum atomic E-state index is -0.618. The van der Waals surface area contributed by atoms with Gasteiger partial charge < -0.3 is 10.1 Å². The van der Waals surface area contributed by atoms with Crippen LogP contribution in [0, 0.1) is 0 Å². The highest BCUT2D eigenvalue weighted by Gasteiger charge is 2.16. The predicted molar refractivity (Wildman–Crippen MR) is 116 cm³/mol. The number of morpholine rings is 1. The molecule has 0 radical (unpaired) electrons. The number of amides is 3. The number of hydrogen-bond acceptors (Lipinski definition) is 5. The third-order valence-electron chi connectivity index (χ3n) is 4.71. The Bertz CT molecular complexity index is 910. The van der Waals surface area contributed by atoms with Gasteiger partial charge in [-0.1, -0.05) is 48.5 Å². The summed E-state index contributed by atoms with van der Waals surface area (Å²) in [6.45, 7) is 3.48. The Morgan fingerprint density at radius 2 is 1.55 bits per heavy atom. The van der Waals surface area contributed by atoms with Gasteiger partial charge in [0.2, 0.25) is 5.91 Å². The van der Waals surface area contributed by atoms with E-state index in [1.165, 1.54) is 0 Å². The molecular formula is C23H26N4O4. The van der Waals surface area contributed by atoms with Gasteiger partial charge in [-0.25, -0.2) is 0 Å². The van der Waals surface area contributed by atoms with Crippen molar-refractivity contribution in [3.05, 3.63) is 77.5 Å². The molecule has 0 aliphatic carbocycles. The van der Waals surface area contributed by atoms with Gasteiger partial charge in [0, 0.05) is 31.6 Å². The third kappa shape index (κ3) is 7.36. The highest BCUT2D eigenvalue weighted by Crippen LogP contribution is 2.07. The van der Waals surface area contributed by atoms with Crippen LogP contribution < -0.4 is 16.2 Å². The summed E-state index contributed by atoms with van der Waals surface area (Å²) in [6.07, 6.45) is 1.80. The summed E-state index contributed by atoms with van der Waals surface area (Å²) in [5, 5.41) is 2.63. The van der Waals surface area contributed by atoms with Crippen molar-refractivity contribution in [2.24, 2.45) is 0 Å². The standard InChI is InChI=1S/C23H26N4O4/c28-21(11-12-27-13-15-31-16-14-27)25-26-23(30)20(17-18-7-3-1-4-8-18)24-22(29)19-9-5-2-6-10-19/h1-10,17H,11-16H2,(H,24,29)(H,25,28)(H,26,30)/b20-17-. The topological polar surface area (TPSA) is 99.8 Å². The largest absolute Gasteiger partial charge is 0.379 e. The summed E-state index contributed by atoms with van der Waals surface area (Å²) >= 11 is 0. The van der Waals surface area contributed by atoms with Gasteiger partial charge in [0.1, 0.15) is 5.70 Å². The zero-order chi connectivity index (χ0) is 21.9. The molecule has 8 nitrogen and oxygen atoms in total. The van der Waals surface area contributed by atoms with Gasteiger partial charge in [-0.15, -0.1) is 0 Å². The number of nitrogens with one attached hydrogen (secondary N) is 3. The van der Waals surface area contributed by atoms with Gasteiger partial charge in [-0.05, 0) is 23.8 Å². The van der Waals surface area contributed by atoms with Crippen molar-refractivity contribution >= 4 is 23.8 Å². The smallest absolute Gasteiger partial charge is 0.286 e. The number of rotatable bonds is 7. The number of carbonyl (C=O) groups excluding carboxylic acids is 3. The third-order valence-corrected chi connectivity index (χ3v) is 4.71. The first-order chi connectivity index (χ1) is 15.1. The molecule has 1 saturated heterocycles. The highest BCUT2D eigenvalue weighted by molar-refractivity contribution is 6.05. The molecule has 2 aromatic carbocycles. The molecule has 0 unspecified atom stereocenters. The van der Waals surface area contributed by atoms with Crippen molar-refractivity contribution in [3.63, 3.8) is 0 Å². The molecule has 8 heteroatoms. The first-order valence-corrected chi connectivity index (χ1v) is 10.1. The number of hydrazine groups is 1. The fourth-order valence-corrected chi connectivity index (χ4v) is 3.00. The first-order valence-electron chi connectivity index (χ1n) is 10.1. The molecule has 3 rings (SSSR count). The van der Waals surface area contributed by atoms with E-state index in [0.29, 0.717) is 25.3 Å². The van der Waals surface area contributed by atoms with Crippen LogP contribution in [-0.4, -0.2) is 55.5 Å². The summed E-state index contributed by atoms with van der Waals surface area (Å²) in [4.78, 5) is 39.5. The number of nitrogens with zero attached hydrogens (tertiary/aromatic N) is 1. The quantitative estimate of drug-likeness (QED) is 0.462. The maximum atomic E-state index is 12.7. The molecule has 0 atom stereocenters. The molecule has 0 aromatic heterocycles. The van der Waals surface area contributed by atoms with Crippen LogP contribution in [0.15, 0.2) is 66.4 Å². The second-order valence-corrected chi connectivity index (χ2v) is 7.00. The van der Waals surface area contributed by atoms with E-state index >= 15 is 0 Å². The van der Waals surface area contributed by atoms with Crippen molar-refractivity contribution in [3.8, 4) is 0 Å². The maximum absolute atomic E-state index is 12.7. The molecule has 31 heavy (non-hydrogen) atoms. The van der Waals surface area contributed by atoms with Gasteiger partial charge in [0.05, 0.1) is 13.2 Å². The fourth-order valence-electron chi connectivity index (χ4n) is 3.00. The van der Waals surface area contributed by atoms with Crippen molar-refractivity contribution in [2.45, 2.75) is 6.42 Å². The lowest BCUT2D eigenvalue weighted by Gasteiger charge is -2.26. The van der Waals surface area contributed by atoms with Gasteiger partial charge in [0.15, 0.2) is 0 Å². The van der Waals surface area contributed by atoms with Gasteiger partial charge in [0.25, 0.3) is 11.8 Å². The summed E-state index contributed by atoms with van der Waals surface area (Å²) in [7, 11) is 0. The molecule has 2 aromatic rings. The highest BCUT2D eigenvalue weighted by atomic mass is 16.5. The molecule has 0 saturated carbocycles. The minimum Gasteiger partial charge on any atom is -0.379 e. The molecule has 162 valence electrons. The van der Waals surface area contributed by atoms with E-state index in [0.717, 1.165) is 18.7 Å². The lowest BCUT2D eigenvalue weighted by Crippen LogP contribution is -2.46.